The normalized spacial score (nSPS) is 28.3. The van der Waals surface area contributed by atoms with Gasteiger partial charge in [0.05, 0.1) is 0 Å². The molecule has 1 aliphatic rings. The Balaban J connectivity index is 2.50. The molecule has 0 saturated carbocycles. The van der Waals surface area contributed by atoms with Gasteiger partial charge in [0.1, 0.15) is 0 Å². The number of hydrogen-bond acceptors (Lipinski definition) is 4. The zero-order valence-electron chi connectivity index (χ0n) is 6.40. The quantitative estimate of drug-likeness (QED) is 0.391. The summed E-state index contributed by atoms with van der Waals surface area (Å²) in [6.45, 7) is 0. The number of rotatable bonds is 2. The second-order valence-electron chi connectivity index (χ2n) is 2.52. The van der Waals surface area contributed by atoms with Crippen LogP contribution in [0.4, 0.5) is 0 Å². The predicted molar refractivity (Wildman–Crippen MR) is 43.8 cm³/mol. The van der Waals surface area contributed by atoms with Gasteiger partial charge < -0.3 is 0 Å². The van der Waals surface area contributed by atoms with Crippen molar-refractivity contribution in [3.8, 4) is 0 Å². The molecule has 2 unspecified atom stereocenters. The first kappa shape index (κ1) is 9.37. The van der Waals surface area contributed by atoms with Crippen molar-refractivity contribution in [2.75, 3.05) is 0 Å². The summed E-state index contributed by atoms with van der Waals surface area (Å²) in [7, 11) is 0. The van der Waals surface area contributed by atoms with Gasteiger partial charge in [-0.15, -0.1) is 0 Å². The maximum absolute atomic E-state index is 9.94. The van der Waals surface area contributed by atoms with Crippen LogP contribution in [0.1, 0.15) is 6.42 Å². The van der Waals surface area contributed by atoms with Crippen molar-refractivity contribution in [2.45, 2.75) is 29.1 Å². The average molecular weight is 231 g/mol. The van der Waals surface area contributed by atoms with Gasteiger partial charge in [-0.3, -0.25) is 0 Å². The second kappa shape index (κ2) is 5.02. The van der Waals surface area contributed by atoms with E-state index in [-0.39, 0.29) is 12.1 Å². The van der Waals surface area contributed by atoms with Gasteiger partial charge in [-0.2, -0.15) is 0 Å². The van der Waals surface area contributed by atoms with Gasteiger partial charge in [-0.1, -0.05) is 0 Å². The Hall–Kier alpha value is -0.721. The van der Waals surface area contributed by atoms with Gasteiger partial charge in [0.2, 0.25) is 0 Å². The van der Waals surface area contributed by atoms with Gasteiger partial charge >= 0.3 is 75.8 Å². The maximum atomic E-state index is 9.94. The molecule has 0 N–H and O–H groups in total. The number of isocyanates is 2. The molecule has 0 amide bonds. The van der Waals surface area contributed by atoms with Crippen LogP contribution in [0.25, 0.3) is 0 Å². The molecule has 4 nitrogen and oxygen atoms in total. The summed E-state index contributed by atoms with van der Waals surface area (Å²) in [5, 5.41) is 1.93. The van der Waals surface area contributed by atoms with Crippen molar-refractivity contribution >= 4 is 27.1 Å². The molecule has 12 heavy (non-hydrogen) atoms. The monoisotopic (exact) mass is 232 g/mol. The predicted octanol–water partition coefficient (Wildman–Crippen LogP) is 0.340. The van der Waals surface area contributed by atoms with Crippen molar-refractivity contribution in [3.63, 3.8) is 0 Å². The van der Waals surface area contributed by atoms with Crippen LogP contribution in [0.15, 0.2) is 9.98 Å². The molecule has 0 aliphatic carbocycles. The van der Waals surface area contributed by atoms with Crippen LogP contribution in [0, 0.1) is 0 Å². The van der Waals surface area contributed by atoms with Crippen molar-refractivity contribution in [3.05, 3.63) is 0 Å². The molecule has 1 rings (SSSR count). The van der Waals surface area contributed by atoms with Crippen molar-refractivity contribution in [1.82, 2.24) is 0 Å². The first-order valence-electron chi connectivity index (χ1n) is 3.58. The molecular weight excluding hydrogens is 223 g/mol. The van der Waals surface area contributed by atoms with Crippen molar-refractivity contribution in [2.24, 2.45) is 9.98 Å². The van der Waals surface area contributed by atoms with E-state index in [1.807, 2.05) is 0 Å². The number of aliphatic imine (C=N–C) groups is 2. The van der Waals surface area contributed by atoms with E-state index in [0.717, 1.165) is 10.6 Å². The fourth-order valence-electron chi connectivity index (χ4n) is 1.12. The Labute approximate surface area is 76.3 Å². The zero-order chi connectivity index (χ0) is 8.81. The van der Waals surface area contributed by atoms with E-state index in [1.165, 1.54) is 0 Å². The fraction of sp³-hybridized carbons (Fsp3) is 0.714. The topological polar surface area (TPSA) is 58.9 Å². The molecule has 64 valence electrons. The number of carbonyl (C=O) groups excluding carboxylic acids is 2. The van der Waals surface area contributed by atoms with Gasteiger partial charge in [0.15, 0.2) is 0 Å². The molecule has 0 aromatic rings. The SMILES string of the molecule is O=C=NC1C[Se]CC(N=C=O)C1. The molecule has 1 aliphatic heterocycles. The molecule has 5 heteroatoms. The van der Waals surface area contributed by atoms with Crippen LogP contribution in [-0.4, -0.2) is 39.2 Å². The summed E-state index contributed by atoms with van der Waals surface area (Å²) in [6.07, 6.45) is 3.79. The molecule has 0 spiro atoms. The van der Waals surface area contributed by atoms with Crippen LogP contribution in [-0.2, 0) is 9.59 Å². The first-order chi connectivity index (χ1) is 5.86. The molecule has 2 atom stereocenters. The van der Waals surface area contributed by atoms with Crippen molar-refractivity contribution < 1.29 is 9.59 Å². The standard InChI is InChI=1S/C7H8N2O2Se/c10-4-8-6-1-7(9-5-11)3-12-2-6/h6-7H,1-3H2. The fourth-order valence-corrected chi connectivity index (χ4v) is 3.43. The minimum atomic E-state index is 0.0401. The molecule has 1 heterocycles. The van der Waals surface area contributed by atoms with Crippen LogP contribution in [0.2, 0.25) is 10.6 Å². The van der Waals surface area contributed by atoms with E-state index in [2.05, 4.69) is 9.98 Å². The third-order valence-electron chi connectivity index (χ3n) is 1.64. The minimum absolute atomic E-state index is 0.0401. The molecule has 0 radical (unpaired) electrons. The summed E-state index contributed by atoms with van der Waals surface area (Å²) in [6, 6.07) is 0.0803. The van der Waals surface area contributed by atoms with Crippen LogP contribution < -0.4 is 0 Å². The van der Waals surface area contributed by atoms with Crippen LogP contribution >= 0.6 is 0 Å². The summed E-state index contributed by atoms with van der Waals surface area (Å²) >= 11 is 0.453. The van der Waals surface area contributed by atoms with E-state index in [1.54, 1.807) is 12.2 Å². The Morgan fingerprint density at radius 1 is 1.08 bits per heavy atom. The molecule has 0 aromatic heterocycles. The Kier molecular flexibility index (Phi) is 3.92. The summed E-state index contributed by atoms with van der Waals surface area (Å²) in [4.78, 5) is 27.2. The third-order valence-corrected chi connectivity index (χ3v) is 4.24. The summed E-state index contributed by atoms with van der Waals surface area (Å²) in [5.41, 5.74) is 0. The third kappa shape index (κ3) is 2.72. The van der Waals surface area contributed by atoms with E-state index < -0.39 is 0 Å². The Morgan fingerprint density at radius 2 is 1.58 bits per heavy atom. The van der Waals surface area contributed by atoms with Gasteiger partial charge in [0, 0.05) is 0 Å². The van der Waals surface area contributed by atoms with Crippen LogP contribution in [0.5, 0.6) is 0 Å². The van der Waals surface area contributed by atoms with E-state index in [4.69, 9.17) is 0 Å². The molecule has 1 saturated heterocycles. The summed E-state index contributed by atoms with van der Waals surface area (Å²) in [5.74, 6) is 0. The van der Waals surface area contributed by atoms with E-state index in [9.17, 15) is 9.59 Å². The van der Waals surface area contributed by atoms with E-state index >= 15 is 0 Å². The van der Waals surface area contributed by atoms with Gasteiger partial charge in [-0.25, -0.2) is 0 Å². The molecular formula is C7H8N2O2Se. The molecule has 0 aromatic carbocycles. The molecule has 1 fully saturated rings. The average Bonchev–Trinajstić information content (AvgIpc) is 2.06. The van der Waals surface area contributed by atoms with Gasteiger partial charge in [0.25, 0.3) is 0 Å². The Bertz CT molecular complexity index is 220. The molecule has 0 bridgehead atoms. The number of nitrogens with zero attached hydrogens (tertiary/aromatic N) is 2. The Morgan fingerprint density at radius 3 is 2.00 bits per heavy atom. The van der Waals surface area contributed by atoms with Crippen molar-refractivity contribution in [1.29, 1.82) is 0 Å². The van der Waals surface area contributed by atoms with Crippen LogP contribution in [0.3, 0.4) is 0 Å². The van der Waals surface area contributed by atoms with E-state index in [0.29, 0.717) is 21.4 Å². The first-order valence-corrected chi connectivity index (χ1v) is 6.00. The zero-order valence-corrected chi connectivity index (χ0v) is 8.11. The number of hydrogen-bond donors (Lipinski definition) is 0. The van der Waals surface area contributed by atoms with Gasteiger partial charge in [-0.05, 0) is 0 Å². The second-order valence-corrected chi connectivity index (χ2v) is 4.78. The summed E-state index contributed by atoms with van der Waals surface area (Å²) < 4.78 is 0.